The highest BCUT2D eigenvalue weighted by Crippen LogP contribution is 2.57. The first-order valence-electron chi connectivity index (χ1n) is 20.7. The SMILES string of the molecule is C=C[C@@H]1C[C@@]1(CC(=O)[C@@H]1C[C@H](Oc2cc(-c3csc(CC(C)C)n3)nc3cc(OCCC)ccc23)CN1C(=O)[C@@H](CC(=O)OC1C[C@@H]2C[C@@H]2C1)C(C)(C)C)C(=O)O. The van der Waals surface area contributed by atoms with Crippen LogP contribution in [0.25, 0.3) is 22.3 Å². The quantitative estimate of drug-likeness (QED) is 0.105. The first-order valence-corrected chi connectivity index (χ1v) is 21.5. The molecule has 12 heteroatoms. The van der Waals surface area contributed by atoms with Gasteiger partial charge in [-0.1, -0.05) is 47.6 Å². The van der Waals surface area contributed by atoms with E-state index in [9.17, 15) is 24.3 Å². The number of hydrogen-bond donors (Lipinski definition) is 1. The van der Waals surface area contributed by atoms with Crippen molar-refractivity contribution in [2.75, 3.05) is 13.2 Å². The largest absolute Gasteiger partial charge is 0.494 e. The zero-order chi connectivity index (χ0) is 40.8. The average molecular weight is 800 g/mol. The maximum absolute atomic E-state index is 14.8. The molecule has 3 aliphatic carbocycles. The second-order valence-corrected chi connectivity index (χ2v) is 19.3. The van der Waals surface area contributed by atoms with Crippen LogP contribution in [-0.4, -0.2) is 75.0 Å². The summed E-state index contributed by atoms with van der Waals surface area (Å²) >= 11 is 1.59. The minimum Gasteiger partial charge on any atom is -0.494 e. The molecule has 7 rings (SSSR count). The van der Waals surface area contributed by atoms with Crippen LogP contribution < -0.4 is 9.47 Å². The molecule has 0 radical (unpaired) electrons. The third kappa shape index (κ3) is 8.91. The molecule has 4 fully saturated rings. The maximum atomic E-state index is 14.8. The molecule has 1 unspecified atom stereocenters. The number of nitrogens with zero attached hydrogens (tertiary/aromatic N) is 3. The van der Waals surface area contributed by atoms with Crippen molar-refractivity contribution in [3.05, 3.63) is 47.3 Å². The van der Waals surface area contributed by atoms with Crippen molar-refractivity contribution < 1.29 is 38.5 Å². The average Bonchev–Trinajstić information content (AvgIpc) is 3.82. The summed E-state index contributed by atoms with van der Waals surface area (Å²) in [7, 11) is 0. The number of allylic oxidation sites excluding steroid dienone is 1. The zero-order valence-corrected chi connectivity index (χ0v) is 34.9. The van der Waals surface area contributed by atoms with Crippen LogP contribution in [0.5, 0.6) is 11.5 Å². The van der Waals surface area contributed by atoms with Crippen molar-refractivity contribution >= 4 is 45.9 Å². The van der Waals surface area contributed by atoms with Gasteiger partial charge in [-0.2, -0.15) is 0 Å². The van der Waals surface area contributed by atoms with Gasteiger partial charge in [0.2, 0.25) is 5.91 Å². The second-order valence-electron chi connectivity index (χ2n) is 18.4. The Bertz CT molecular complexity index is 2030. The van der Waals surface area contributed by atoms with Crippen molar-refractivity contribution in [3.63, 3.8) is 0 Å². The normalized spacial score (nSPS) is 26.9. The topological polar surface area (TPSA) is 145 Å². The lowest BCUT2D eigenvalue weighted by Crippen LogP contribution is -2.48. The molecule has 57 heavy (non-hydrogen) atoms. The number of Topliss-reactive ketones (excluding diaryl/α,β-unsaturated/α-hetero) is 1. The maximum Gasteiger partial charge on any atom is 0.310 e. The fraction of sp³-hybridized carbons (Fsp3) is 0.600. The molecule has 8 atom stereocenters. The molecule has 3 saturated carbocycles. The van der Waals surface area contributed by atoms with E-state index in [1.54, 1.807) is 22.3 Å². The van der Waals surface area contributed by atoms with Gasteiger partial charge in [0.15, 0.2) is 5.78 Å². The first kappa shape index (κ1) is 40.9. The molecule has 1 saturated heterocycles. The van der Waals surface area contributed by atoms with Crippen LogP contribution in [0, 0.1) is 40.4 Å². The summed E-state index contributed by atoms with van der Waals surface area (Å²) in [6.45, 7) is 16.6. The summed E-state index contributed by atoms with van der Waals surface area (Å²) in [5.74, 6) is -0.262. The number of ether oxygens (including phenoxy) is 3. The first-order chi connectivity index (χ1) is 27.1. The fourth-order valence-corrected chi connectivity index (χ4v) is 9.92. The van der Waals surface area contributed by atoms with E-state index in [0.717, 1.165) is 41.8 Å². The Morgan fingerprint density at radius 2 is 1.81 bits per heavy atom. The number of amides is 1. The third-order valence-electron chi connectivity index (χ3n) is 12.4. The highest BCUT2D eigenvalue weighted by Gasteiger charge is 2.61. The van der Waals surface area contributed by atoms with E-state index < -0.39 is 40.8 Å². The van der Waals surface area contributed by atoms with Crippen molar-refractivity contribution in [1.82, 2.24) is 14.9 Å². The van der Waals surface area contributed by atoms with E-state index in [4.69, 9.17) is 24.2 Å². The molecule has 0 spiro atoms. The van der Waals surface area contributed by atoms with Gasteiger partial charge in [-0.15, -0.1) is 17.9 Å². The van der Waals surface area contributed by atoms with E-state index in [2.05, 4.69) is 20.4 Å². The van der Waals surface area contributed by atoms with E-state index in [1.165, 1.54) is 6.42 Å². The van der Waals surface area contributed by atoms with Gasteiger partial charge in [0, 0.05) is 42.2 Å². The molecule has 1 aromatic carbocycles. The van der Waals surface area contributed by atoms with E-state index in [1.807, 2.05) is 57.3 Å². The number of carbonyl (C=O) groups is 4. The van der Waals surface area contributed by atoms with Gasteiger partial charge in [-0.3, -0.25) is 19.2 Å². The van der Waals surface area contributed by atoms with E-state index >= 15 is 0 Å². The van der Waals surface area contributed by atoms with Gasteiger partial charge in [0.25, 0.3) is 0 Å². The number of carboxylic acids is 1. The highest BCUT2D eigenvalue weighted by atomic mass is 32.1. The van der Waals surface area contributed by atoms with Gasteiger partial charge in [0.05, 0.1) is 58.9 Å². The van der Waals surface area contributed by atoms with Crippen LogP contribution in [0.15, 0.2) is 42.3 Å². The Morgan fingerprint density at radius 3 is 2.46 bits per heavy atom. The van der Waals surface area contributed by atoms with Crippen LogP contribution in [0.2, 0.25) is 0 Å². The number of ketones is 1. The summed E-state index contributed by atoms with van der Waals surface area (Å²) in [6.07, 6.45) is 5.69. The Kier molecular flexibility index (Phi) is 11.6. The number of carboxylic acid groups (broad SMARTS) is 1. The van der Waals surface area contributed by atoms with Crippen molar-refractivity contribution in [1.29, 1.82) is 0 Å². The van der Waals surface area contributed by atoms with Gasteiger partial charge in [0.1, 0.15) is 23.7 Å². The van der Waals surface area contributed by atoms with Gasteiger partial charge in [-0.25, -0.2) is 9.97 Å². The Balaban J connectivity index is 1.19. The molecule has 1 N–H and O–H groups in total. The second kappa shape index (κ2) is 16.1. The molecule has 1 aliphatic heterocycles. The van der Waals surface area contributed by atoms with Crippen molar-refractivity contribution in [3.8, 4) is 22.9 Å². The number of fused-ring (bicyclic) bond motifs is 2. The molecular formula is C45H57N3O8S. The van der Waals surface area contributed by atoms with Crippen LogP contribution in [-0.2, 0) is 30.3 Å². The summed E-state index contributed by atoms with van der Waals surface area (Å²) in [5.41, 5.74) is 0.147. The highest BCUT2D eigenvalue weighted by molar-refractivity contribution is 7.09. The summed E-state index contributed by atoms with van der Waals surface area (Å²) in [6, 6.07) is 6.60. The van der Waals surface area contributed by atoms with Gasteiger partial charge in [-0.05, 0) is 73.3 Å². The standard InChI is InChI=1S/C45H57N3O8S/c1-8-12-54-29-10-11-32-34(17-29)46-35(36-24-57-40(47-36)13-25(3)4)20-39(32)55-31-18-37(38(49)22-45(43(52)53)21-28(45)9-2)48(23-31)42(51)33(44(5,6)7)19-41(50)56-30-15-26-14-27(26)16-30/h9-11,17,20,24-28,30-31,33,37H,2,8,12-16,18-19,21-23H2,1,3-7H3,(H,52,53)/t26-,27+,28-,30?,31+,33-,37+,45+/m1/s1. The predicted molar refractivity (Wildman–Crippen MR) is 218 cm³/mol. The van der Waals surface area contributed by atoms with Gasteiger partial charge < -0.3 is 24.2 Å². The fourth-order valence-electron chi connectivity index (χ4n) is 8.91. The lowest BCUT2D eigenvalue weighted by Gasteiger charge is -2.35. The molecule has 3 heterocycles. The summed E-state index contributed by atoms with van der Waals surface area (Å²) in [4.78, 5) is 66.4. The smallest absolute Gasteiger partial charge is 0.310 e. The number of thiazole rings is 1. The monoisotopic (exact) mass is 799 g/mol. The number of benzene rings is 1. The number of aromatic nitrogens is 2. The number of hydrogen-bond acceptors (Lipinski definition) is 10. The zero-order valence-electron chi connectivity index (χ0n) is 34.1. The number of esters is 1. The number of likely N-dealkylation sites (tertiary alicyclic amines) is 1. The summed E-state index contributed by atoms with van der Waals surface area (Å²) in [5, 5.41) is 14.0. The Morgan fingerprint density at radius 1 is 1.05 bits per heavy atom. The van der Waals surface area contributed by atoms with Crippen LogP contribution in [0.1, 0.15) is 97.9 Å². The summed E-state index contributed by atoms with van der Waals surface area (Å²) < 4.78 is 18.7. The van der Waals surface area contributed by atoms with Crippen molar-refractivity contribution in [2.24, 2.45) is 40.4 Å². The number of rotatable bonds is 17. The van der Waals surface area contributed by atoms with Crippen LogP contribution >= 0.6 is 11.3 Å². The van der Waals surface area contributed by atoms with Crippen LogP contribution in [0.4, 0.5) is 0 Å². The molecular weight excluding hydrogens is 743 g/mol. The molecule has 11 nitrogen and oxygen atoms in total. The predicted octanol–water partition coefficient (Wildman–Crippen LogP) is 8.32. The minimum absolute atomic E-state index is 0.0832. The van der Waals surface area contributed by atoms with Crippen LogP contribution in [0.3, 0.4) is 0 Å². The van der Waals surface area contributed by atoms with E-state index in [-0.39, 0.29) is 49.5 Å². The molecule has 3 aromatic rings. The third-order valence-corrected chi connectivity index (χ3v) is 13.2. The lowest BCUT2D eigenvalue weighted by molar-refractivity contribution is -0.157. The molecule has 4 aliphatic rings. The lowest BCUT2D eigenvalue weighted by atomic mass is 9.77. The van der Waals surface area contributed by atoms with Gasteiger partial charge >= 0.3 is 11.9 Å². The van der Waals surface area contributed by atoms with E-state index in [0.29, 0.717) is 53.5 Å². The number of aliphatic carboxylic acids is 1. The number of pyridine rings is 1. The number of carbonyl (C=O) groups excluding carboxylic acids is 3. The Hall–Kier alpha value is -4.32. The van der Waals surface area contributed by atoms with Crippen molar-refractivity contribution in [2.45, 2.75) is 118 Å². The Labute approximate surface area is 339 Å². The molecule has 306 valence electrons. The molecule has 1 amide bonds. The molecule has 0 bridgehead atoms. The minimum atomic E-state index is -1.24. The molecule has 2 aromatic heterocycles.